The van der Waals surface area contributed by atoms with E-state index in [0.29, 0.717) is 6.04 Å². The Labute approximate surface area is 182 Å². The average Bonchev–Trinajstić information content (AvgIpc) is 3.44. The molecule has 2 aliphatic heterocycles. The van der Waals surface area contributed by atoms with Gasteiger partial charge in [-0.15, -0.1) is 11.3 Å². The molecule has 0 radical (unpaired) electrons. The zero-order chi connectivity index (χ0) is 20.4. The Kier molecular flexibility index (Phi) is 5.25. The van der Waals surface area contributed by atoms with Crippen molar-refractivity contribution in [2.24, 2.45) is 4.99 Å². The highest BCUT2D eigenvalue weighted by molar-refractivity contribution is 7.13. The van der Waals surface area contributed by atoms with Crippen LogP contribution in [0.5, 0.6) is 0 Å². The van der Waals surface area contributed by atoms with Crippen LogP contribution < -0.4 is 0 Å². The average molecular weight is 413 g/mol. The van der Waals surface area contributed by atoms with Crippen molar-refractivity contribution in [3.8, 4) is 11.8 Å². The van der Waals surface area contributed by atoms with Crippen molar-refractivity contribution in [3.63, 3.8) is 0 Å². The number of thiophene rings is 1. The molecule has 2 aromatic rings. The van der Waals surface area contributed by atoms with Crippen LogP contribution in [0.1, 0.15) is 60.9 Å². The van der Waals surface area contributed by atoms with Crippen LogP contribution in [-0.4, -0.2) is 21.3 Å². The highest BCUT2D eigenvalue weighted by atomic mass is 32.1. The minimum atomic E-state index is 0.601. The first-order valence-electron chi connectivity index (χ1n) is 10.9. The van der Waals surface area contributed by atoms with Gasteiger partial charge in [0.15, 0.2) is 0 Å². The Morgan fingerprint density at radius 2 is 2.00 bits per heavy atom. The molecule has 0 spiro atoms. The van der Waals surface area contributed by atoms with E-state index in [9.17, 15) is 0 Å². The van der Waals surface area contributed by atoms with Gasteiger partial charge in [-0.3, -0.25) is 0 Å². The van der Waals surface area contributed by atoms with Gasteiger partial charge >= 0.3 is 0 Å². The van der Waals surface area contributed by atoms with E-state index in [1.54, 1.807) is 17.5 Å². The predicted octanol–water partition coefficient (Wildman–Crippen LogP) is 6.27. The van der Waals surface area contributed by atoms with Crippen LogP contribution >= 0.6 is 11.3 Å². The summed E-state index contributed by atoms with van der Waals surface area (Å²) in [7, 11) is 0. The summed E-state index contributed by atoms with van der Waals surface area (Å²) in [6.07, 6.45) is 18.8. The highest BCUT2D eigenvalue weighted by Crippen LogP contribution is 2.41. The summed E-state index contributed by atoms with van der Waals surface area (Å²) in [5.41, 5.74) is 3.25. The maximum atomic E-state index is 5.13. The van der Waals surface area contributed by atoms with Gasteiger partial charge in [0, 0.05) is 25.1 Å². The van der Waals surface area contributed by atoms with Gasteiger partial charge in [0.05, 0.1) is 9.75 Å². The number of rotatable bonds is 3. The van der Waals surface area contributed by atoms with Crippen LogP contribution in [-0.2, 0) is 0 Å². The molecule has 3 aliphatic rings. The van der Waals surface area contributed by atoms with Crippen LogP contribution in [0.4, 0.5) is 0 Å². The van der Waals surface area contributed by atoms with E-state index in [-0.39, 0.29) is 0 Å². The smallest absolute Gasteiger partial charge is 0.238 e. The molecule has 1 atom stereocenters. The summed E-state index contributed by atoms with van der Waals surface area (Å²) in [5.74, 6) is 7.60. The van der Waals surface area contributed by atoms with Crippen molar-refractivity contribution in [1.29, 1.82) is 0 Å². The van der Waals surface area contributed by atoms with Gasteiger partial charge < -0.3 is 0 Å². The van der Waals surface area contributed by atoms with Crippen LogP contribution in [0, 0.1) is 11.8 Å². The number of aromatic nitrogens is 1. The normalized spacial score (nSPS) is 23.2. The number of quaternary nitrogens is 1. The first kappa shape index (κ1) is 19.2. The molecule has 4 heteroatoms. The van der Waals surface area contributed by atoms with Crippen molar-refractivity contribution in [3.05, 3.63) is 82.1 Å². The van der Waals surface area contributed by atoms with Gasteiger partial charge in [-0.05, 0) is 67.0 Å². The third-order valence-corrected chi connectivity index (χ3v) is 7.26. The fourth-order valence-electron chi connectivity index (χ4n) is 4.57. The fourth-order valence-corrected chi connectivity index (χ4v) is 5.38. The van der Waals surface area contributed by atoms with Crippen LogP contribution in [0.25, 0.3) is 5.70 Å². The summed E-state index contributed by atoms with van der Waals surface area (Å²) in [6, 6.07) is 10.7. The van der Waals surface area contributed by atoms with Gasteiger partial charge in [0.1, 0.15) is 29.8 Å². The second-order valence-electron chi connectivity index (χ2n) is 8.13. The van der Waals surface area contributed by atoms with E-state index in [2.05, 4.69) is 60.4 Å². The number of fused-ring (bicyclic) bond motifs is 1. The quantitative estimate of drug-likeness (QED) is 0.431. The number of aliphatic imine (C=N–C) groups is 1. The highest BCUT2D eigenvalue weighted by Gasteiger charge is 2.44. The Hall–Kier alpha value is -2.74. The lowest BCUT2D eigenvalue weighted by molar-refractivity contribution is -0.761. The van der Waals surface area contributed by atoms with E-state index in [4.69, 9.17) is 4.99 Å². The molecule has 0 bridgehead atoms. The lowest BCUT2D eigenvalue weighted by Crippen LogP contribution is -2.50. The summed E-state index contributed by atoms with van der Waals surface area (Å²) in [5, 5.41) is 0. The molecule has 0 saturated heterocycles. The molecule has 4 heterocycles. The number of hydrogen-bond acceptors (Lipinski definition) is 3. The molecule has 0 N–H and O–H groups in total. The third kappa shape index (κ3) is 3.60. The number of nitrogens with zero attached hydrogens (tertiary/aromatic N) is 3. The lowest BCUT2D eigenvalue weighted by atomic mass is 9.91. The van der Waals surface area contributed by atoms with Crippen molar-refractivity contribution in [2.45, 2.75) is 51.5 Å². The number of amidine groups is 1. The monoisotopic (exact) mass is 412 g/mol. The van der Waals surface area contributed by atoms with Crippen molar-refractivity contribution >= 4 is 22.9 Å². The Morgan fingerprint density at radius 3 is 2.80 bits per heavy atom. The molecule has 3 nitrogen and oxygen atoms in total. The molecular formula is C26H26N3S+. The molecule has 1 saturated carbocycles. The molecule has 1 unspecified atom stereocenters. The maximum Gasteiger partial charge on any atom is 0.238 e. The van der Waals surface area contributed by atoms with Gasteiger partial charge in [0.25, 0.3) is 0 Å². The molecule has 5 rings (SSSR count). The molecule has 0 amide bonds. The van der Waals surface area contributed by atoms with E-state index in [1.807, 2.05) is 18.2 Å². The molecule has 1 aliphatic carbocycles. The van der Waals surface area contributed by atoms with Crippen LogP contribution in [0.2, 0.25) is 0 Å². The van der Waals surface area contributed by atoms with Gasteiger partial charge in [-0.25, -0.2) is 9.47 Å². The SMILES string of the molecule is CCC1=CC2=NC(c3ccc(C#Cc4ccccn4)s3)=C[N+]2(C2CCCCC2)C=C1. The Balaban J connectivity index is 1.47. The molecule has 2 aromatic heterocycles. The first-order valence-corrected chi connectivity index (χ1v) is 11.7. The zero-order valence-electron chi connectivity index (χ0n) is 17.3. The summed E-state index contributed by atoms with van der Waals surface area (Å²) < 4.78 is 0.797. The predicted molar refractivity (Wildman–Crippen MR) is 125 cm³/mol. The van der Waals surface area contributed by atoms with Crippen LogP contribution in [0.3, 0.4) is 0 Å². The van der Waals surface area contributed by atoms with E-state index in [0.717, 1.165) is 27.2 Å². The largest absolute Gasteiger partial charge is 0.248 e. The standard InChI is InChI=1S/C26H26N3S/c1-2-20-15-17-29(22-9-4-3-5-10-22)19-24(28-26(29)18-20)25-14-13-23(30-25)12-11-21-8-6-7-16-27-21/h6-8,13-19,22H,2-5,9-10H2,1H3/q+1. The third-order valence-electron chi connectivity index (χ3n) is 6.24. The number of pyridine rings is 1. The van der Waals surface area contributed by atoms with E-state index >= 15 is 0 Å². The Morgan fingerprint density at radius 1 is 1.10 bits per heavy atom. The second kappa shape index (κ2) is 8.18. The van der Waals surface area contributed by atoms with E-state index in [1.165, 1.54) is 48.4 Å². The molecule has 0 aromatic carbocycles. The van der Waals surface area contributed by atoms with Crippen LogP contribution in [0.15, 0.2) is 71.6 Å². The minimum absolute atomic E-state index is 0.601. The number of allylic oxidation sites excluding steroid dienone is 2. The second-order valence-corrected chi connectivity index (χ2v) is 9.21. The summed E-state index contributed by atoms with van der Waals surface area (Å²) in [6.45, 7) is 2.21. The fraction of sp³-hybridized carbons (Fsp3) is 0.308. The van der Waals surface area contributed by atoms with Gasteiger partial charge in [-0.2, -0.15) is 4.99 Å². The van der Waals surface area contributed by atoms with E-state index < -0.39 is 0 Å². The lowest BCUT2D eigenvalue weighted by Gasteiger charge is -2.39. The Bertz CT molecular complexity index is 1120. The number of hydrogen-bond donors (Lipinski definition) is 0. The van der Waals surface area contributed by atoms with Gasteiger partial charge in [0.2, 0.25) is 5.84 Å². The topological polar surface area (TPSA) is 25.2 Å². The summed E-state index contributed by atoms with van der Waals surface area (Å²) >= 11 is 1.72. The zero-order valence-corrected chi connectivity index (χ0v) is 18.2. The molecule has 30 heavy (non-hydrogen) atoms. The van der Waals surface area contributed by atoms with Crippen molar-refractivity contribution in [1.82, 2.24) is 4.98 Å². The maximum absolute atomic E-state index is 5.13. The molecular weight excluding hydrogens is 386 g/mol. The van der Waals surface area contributed by atoms with Crippen molar-refractivity contribution < 1.29 is 4.48 Å². The minimum Gasteiger partial charge on any atom is -0.248 e. The van der Waals surface area contributed by atoms with Gasteiger partial charge in [-0.1, -0.05) is 19.4 Å². The first-order chi connectivity index (χ1) is 14.8. The van der Waals surface area contributed by atoms with Crippen molar-refractivity contribution in [2.75, 3.05) is 0 Å². The summed E-state index contributed by atoms with van der Waals surface area (Å²) in [4.78, 5) is 11.7. The molecule has 1 fully saturated rings. The molecule has 150 valence electrons.